The van der Waals surface area contributed by atoms with Crippen LogP contribution >= 0.6 is 0 Å². The van der Waals surface area contributed by atoms with Gasteiger partial charge >= 0.3 is 5.97 Å². The number of rotatable bonds is 6. The molecule has 0 spiro atoms. The molecule has 4 N–H and O–H groups in total. The maximum atomic E-state index is 11.2. The Kier molecular flexibility index (Phi) is 4.13. The van der Waals surface area contributed by atoms with Gasteiger partial charge in [-0.15, -0.1) is 0 Å². The first-order chi connectivity index (χ1) is 10.0. The number of carbonyl (C=O) groups excluding carboxylic acids is 1. The normalized spacial score (nSPS) is 10.1. The van der Waals surface area contributed by atoms with Crippen LogP contribution in [0.5, 0.6) is 5.75 Å². The highest BCUT2D eigenvalue weighted by Gasteiger charge is 2.11. The monoisotopic (exact) mass is 290 g/mol. The minimum Gasteiger partial charge on any atom is -0.495 e. The summed E-state index contributed by atoms with van der Waals surface area (Å²) in [7, 11) is 1.50. The van der Waals surface area contributed by atoms with Crippen molar-refractivity contribution in [2.24, 2.45) is 5.73 Å². The van der Waals surface area contributed by atoms with E-state index < -0.39 is 11.9 Å². The molecule has 0 radical (unpaired) electrons. The topological polar surface area (TPSA) is 115 Å². The van der Waals surface area contributed by atoms with E-state index in [9.17, 15) is 9.59 Å². The van der Waals surface area contributed by atoms with E-state index in [2.05, 4.69) is 5.32 Å². The van der Waals surface area contributed by atoms with Gasteiger partial charge in [0.05, 0.1) is 19.3 Å². The molecule has 1 aromatic heterocycles. The van der Waals surface area contributed by atoms with Crippen LogP contribution in [0.15, 0.2) is 34.7 Å². The molecule has 1 amide bonds. The number of methoxy groups -OCH3 is 1. The molecule has 0 aliphatic rings. The van der Waals surface area contributed by atoms with Gasteiger partial charge in [0.1, 0.15) is 11.5 Å². The van der Waals surface area contributed by atoms with Crippen molar-refractivity contribution in [3.63, 3.8) is 0 Å². The lowest BCUT2D eigenvalue weighted by molar-refractivity contribution is 0.0660. The van der Waals surface area contributed by atoms with Crippen LogP contribution in [0.4, 0.5) is 5.69 Å². The second-order valence-electron chi connectivity index (χ2n) is 4.20. The van der Waals surface area contributed by atoms with Crippen molar-refractivity contribution < 1.29 is 23.8 Å². The first-order valence-electron chi connectivity index (χ1n) is 6.05. The Labute approximate surface area is 120 Å². The van der Waals surface area contributed by atoms with Crippen LogP contribution in [0, 0.1) is 0 Å². The summed E-state index contributed by atoms with van der Waals surface area (Å²) in [5.74, 6) is -0.838. The number of ether oxygens (including phenoxy) is 1. The van der Waals surface area contributed by atoms with Crippen LogP contribution < -0.4 is 15.8 Å². The van der Waals surface area contributed by atoms with Crippen molar-refractivity contribution in [2.45, 2.75) is 6.54 Å². The number of hydrogen-bond donors (Lipinski definition) is 3. The highest BCUT2D eigenvalue weighted by Crippen LogP contribution is 2.26. The number of anilines is 1. The lowest BCUT2D eigenvalue weighted by Crippen LogP contribution is -2.11. The second-order valence-corrected chi connectivity index (χ2v) is 4.20. The SMILES string of the molecule is COc1ccc(C(N)=O)cc1NCc1ccc(C(=O)O)o1. The molecule has 110 valence electrons. The summed E-state index contributed by atoms with van der Waals surface area (Å²) in [4.78, 5) is 21.9. The Balaban J connectivity index is 2.15. The molecular formula is C14H14N2O5. The number of carbonyl (C=O) groups is 2. The zero-order chi connectivity index (χ0) is 15.4. The van der Waals surface area contributed by atoms with Crippen molar-refractivity contribution in [2.75, 3.05) is 12.4 Å². The summed E-state index contributed by atoms with van der Waals surface area (Å²) in [5, 5.41) is 11.8. The van der Waals surface area contributed by atoms with E-state index >= 15 is 0 Å². The molecule has 0 aliphatic carbocycles. The zero-order valence-electron chi connectivity index (χ0n) is 11.3. The number of carboxylic acid groups (broad SMARTS) is 1. The lowest BCUT2D eigenvalue weighted by atomic mass is 10.1. The molecule has 0 atom stereocenters. The van der Waals surface area contributed by atoms with Gasteiger partial charge < -0.3 is 25.3 Å². The second kappa shape index (κ2) is 6.00. The lowest BCUT2D eigenvalue weighted by Gasteiger charge is -2.11. The fourth-order valence-corrected chi connectivity index (χ4v) is 1.77. The van der Waals surface area contributed by atoms with Gasteiger partial charge in [-0.1, -0.05) is 0 Å². The predicted molar refractivity (Wildman–Crippen MR) is 74.5 cm³/mol. The first kappa shape index (κ1) is 14.4. The summed E-state index contributed by atoms with van der Waals surface area (Å²) < 4.78 is 10.3. The number of amides is 1. The third-order valence-electron chi connectivity index (χ3n) is 2.81. The number of primary amides is 1. The molecular weight excluding hydrogens is 276 g/mol. The standard InChI is InChI=1S/C14H14N2O5/c1-20-11-4-2-8(13(15)17)6-10(11)16-7-9-3-5-12(21-9)14(18)19/h2-6,16H,7H2,1H3,(H2,15,17)(H,18,19). The van der Waals surface area contributed by atoms with Crippen molar-refractivity contribution in [3.8, 4) is 5.75 Å². The van der Waals surface area contributed by atoms with Crippen molar-refractivity contribution in [1.29, 1.82) is 0 Å². The molecule has 0 saturated heterocycles. The van der Waals surface area contributed by atoms with E-state index in [4.69, 9.17) is 20.0 Å². The van der Waals surface area contributed by atoms with Crippen LogP contribution in [0.25, 0.3) is 0 Å². The van der Waals surface area contributed by atoms with E-state index in [1.54, 1.807) is 24.3 Å². The van der Waals surface area contributed by atoms with E-state index in [0.29, 0.717) is 22.8 Å². The maximum Gasteiger partial charge on any atom is 0.371 e. The molecule has 0 saturated carbocycles. The largest absolute Gasteiger partial charge is 0.495 e. The molecule has 0 aliphatic heterocycles. The van der Waals surface area contributed by atoms with E-state index in [0.717, 1.165) is 0 Å². The van der Waals surface area contributed by atoms with Gasteiger partial charge in [0.15, 0.2) is 0 Å². The van der Waals surface area contributed by atoms with Crippen molar-refractivity contribution in [3.05, 3.63) is 47.4 Å². The number of nitrogens with one attached hydrogen (secondary N) is 1. The highest BCUT2D eigenvalue weighted by atomic mass is 16.5. The Morgan fingerprint density at radius 2 is 2.10 bits per heavy atom. The summed E-state index contributed by atoms with van der Waals surface area (Å²) in [6.45, 7) is 0.242. The quantitative estimate of drug-likeness (QED) is 0.745. The Morgan fingerprint density at radius 3 is 2.67 bits per heavy atom. The number of carboxylic acids is 1. The summed E-state index contributed by atoms with van der Waals surface area (Å²) >= 11 is 0. The number of benzene rings is 1. The van der Waals surface area contributed by atoms with Gasteiger partial charge in [-0.3, -0.25) is 4.79 Å². The van der Waals surface area contributed by atoms with Crippen molar-refractivity contribution in [1.82, 2.24) is 0 Å². The first-order valence-corrected chi connectivity index (χ1v) is 6.05. The predicted octanol–water partition coefficient (Wildman–Crippen LogP) is 1.70. The minimum absolute atomic E-state index is 0.135. The molecule has 2 rings (SSSR count). The summed E-state index contributed by atoms with van der Waals surface area (Å²) in [6, 6.07) is 7.66. The molecule has 2 aromatic rings. The molecule has 7 nitrogen and oxygen atoms in total. The van der Waals surface area contributed by atoms with Gasteiger partial charge in [-0.25, -0.2) is 4.79 Å². The van der Waals surface area contributed by atoms with Gasteiger partial charge in [-0.05, 0) is 30.3 Å². The molecule has 21 heavy (non-hydrogen) atoms. The molecule has 0 bridgehead atoms. The average molecular weight is 290 g/mol. The zero-order valence-corrected chi connectivity index (χ0v) is 11.3. The number of furan rings is 1. The minimum atomic E-state index is -1.13. The number of hydrogen-bond acceptors (Lipinski definition) is 5. The fourth-order valence-electron chi connectivity index (χ4n) is 1.77. The van der Waals surface area contributed by atoms with Gasteiger partial charge in [0.25, 0.3) is 0 Å². The smallest absolute Gasteiger partial charge is 0.371 e. The summed E-state index contributed by atoms with van der Waals surface area (Å²) in [6.07, 6.45) is 0. The number of aromatic carboxylic acids is 1. The van der Waals surface area contributed by atoms with Crippen LogP contribution in [0.2, 0.25) is 0 Å². The van der Waals surface area contributed by atoms with Gasteiger partial charge in [0.2, 0.25) is 11.7 Å². The van der Waals surface area contributed by atoms with Crippen LogP contribution in [0.3, 0.4) is 0 Å². The Bertz CT molecular complexity index is 678. The van der Waals surface area contributed by atoms with E-state index in [-0.39, 0.29) is 12.3 Å². The third kappa shape index (κ3) is 3.33. The van der Waals surface area contributed by atoms with Crippen LogP contribution in [0.1, 0.15) is 26.7 Å². The average Bonchev–Trinajstić information content (AvgIpc) is 2.93. The Hall–Kier alpha value is -2.96. The molecule has 1 aromatic carbocycles. The highest BCUT2D eigenvalue weighted by molar-refractivity contribution is 5.94. The molecule has 7 heteroatoms. The van der Waals surface area contributed by atoms with Gasteiger partial charge in [-0.2, -0.15) is 0 Å². The van der Waals surface area contributed by atoms with Crippen LogP contribution in [-0.4, -0.2) is 24.1 Å². The number of nitrogens with two attached hydrogens (primary N) is 1. The van der Waals surface area contributed by atoms with Crippen molar-refractivity contribution >= 4 is 17.6 Å². The van der Waals surface area contributed by atoms with E-state index in [1.165, 1.54) is 13.2 Å². The van der Waals surface area contributed by atoms with Crippen LogP contribution in [-0.2, 0) is 6.54 Å². The fraction of sp³-hybridized carbons (Fsp3) is 0.143. The molecule has 0 unspecified atom stereocenters. The van der Waals surface area contributed by atoms with E-state index in [1.807, 2.05) is 0 Å². The third-order valence-corrected chi connectivity index (χ3v) is 2.81. The molecule has 1 heterocycles. The Morgan fingerprint density at radius 1 is 1.33 bits per heavy atom. The van der Waals surface area contributed by atoms with Gasteiger partial charge in [0, 0.05) is 5.56 Å². The maximum absolute atomic E-state index is 11.2. The summed E-state index contributed by atoms with van der Waals surface area (Å²) in [5.41, 5.74) is 6.12. The molecule has 0 fully saturated rings.